The zero-order valence-electron chi connectivity index (χ0n) is 13.0. The maximum Gasteiger partial charge on any atom is 0.244 e. The van der Waals surface area contributed by atoms with Crippen molar-refractivity contribution < 1.29 is 9.59 Å². The molecule has 2 heterocycles. The first-order chi connectivity index (χ1) is 10.6. The minimum atomic E-state index is -0.225. The van der Waals surface area contributed by atoms with Crippen molar-refractivity contribution in [2.24, 2.45) is 0 Å². The highest BCUT2D eigenvalue weighted by atomic mass is 16.2. The first-order valence-corrected chi connectivity index (χ1v) is 8.11. The average Bonchev–Trinajstić information content (AvgIpc) is 3.19. The van der Waals surface area contributed by atoms with Crippen LogP contribution in [0.2, 0.25) is 0 Å². The van der Waals surface area contributed by atoms with Gasteiger partial charge in [-0.2, -0.15) is 0 Å². The maximum atomic E-state index is 12.3. The van der Waals surface area contributed by atoms with E-state index in [1.54, 1.807) is 0 Å². The second kappa shape index (κ2) is 6.38. The van der Waals surface area contributed by atoms with Gasteiger partial charge in [0, 0.05) is 37.4 Å². The number of rotatable bonds is 4. The Morgan fingerprint density at radius 2 is 1.77 bits per heavy atom. The van der Waals surface area contributed by atoms with E-state index < -0.39 is 0 Å². The van der Waals surface area contributed by atoms with Crippen molar-refractivity contribution in [1.82, 2.24) is 4.90 Å². The third-order valence-corrected chi connectivity index (χ3v) is 4.42. The quantitative estimate of drug-likeness (QED) is 0.928. The number of anilines is 2. The van der Waals surface area contributed by atoms with Crippen molar-refractivity contribution in [3.05, 3.63) is 24.3 Å². The van der Waals surface area contributed by atoms with E-state index in [1.165, 1.54) is 0 Å². The highest BCUT2D eigenvalue weighted by Gasteiger charge is 2.24. The van der Waals surface area contributed by atoms with E-state index in [2.05, 4.69) is 5.32 Å². The molecule has 1 aromatic carbocycles. The van der Waals surface area contributed by atoms with E-state index in [0.29, 0.717) is 6.42 Å². The summed E-state index contributed by atoms with van der Waals surface area (Å²) in [6.45, 7) is 4.45. The Labute approximate surface area is 131 Å². The van der Waals surface area contributed by atoms with E-state index >= 15 is 0 Å². The van der Waals surface area contributed by atoms with E-state index in [4.69, 9.17) is 0 Å². The first kappa shape index (κ1) is 14.9. The molecule has 2 saturated heterocycles. The largest absolute Gasteiger partial charge is 0.374 e. The third-order valence-electron chi connectivity index (χ3n) is 4.42. The zero-order chi connectivity index (χ0) is 15.5. The molecule has 2 aliphatic rings. The summed E-state index contributed by atoms with van der Waals surface area (Å²) in [5.74, 6) is 0.356. The molecule has 22 heavy (non-hydrogen) atoms. The highest BCUT2D eigenvalue weighted by Crippen LogP contribution is 2.23. The Balaban J connectivity index is 1.60. The van der Waals surface area contributed by atoms with Gasteiger partial charge >= 0.3 is 0 Å². The number of carbonyl (C=O) groups excluding carboxylic acids is 2. The third kappa shape index (κ3) is 3.08. The van der Waals surface area contributed by atoms with Crippen LogP contribution < -0.4 is 10.2 Å². The lowest BCUT2D eigenvalue weighted by molar-refractivity contribution is -0.130. The minimum Gasteiger partial charge on any atom is -0.374 e. The van der Waals surface area contributed by atoms with Crippen molar-refractivity contribution in [3.63, 3.8) is 0 Å². The fourth-order valence-corrected chi connectivity index (χ4v) is 3.18. The monoisotopic (exact) mass is 301 g/mol. The molecule has 2 amide bonds. The number of nitrogens with one attached hydrogen (secondary N) is 1. The standard InChI is InChI=1S/C17H23N3O2/c1-13(17(22)19-10-2-3-11-19)18-14-6-8-15(9-7-14)20-12-4-5-16(20)21/h6-9,13,18H,2-5,10-12H2,1H3. The molecule has 1 atom stereocenters. The molecule has 0 saturated carbocycles. The molecule has 0 spiro atoms. The lowest BCUT2D eigenvalue weighted by atomic mass is 10.2. The Morgan fingerprint density at radius 3 is 2.36 bits per heavy atom. The SMILES string of the molecule is CC(Nc1ccc(N2CCCC2=O)cc1)C(=O)N1CCCC1. The van der Waals surface area contributed by atoms with Gasteiger partial charge in [-0.15, -0.1) is 0 Å². The fourth-order valence-electron chi connectivity index (χ4n) is 3.18. The topological polar surface area (TPSA) is 52.7 Å². The molecule has 1 unspecified atom stereocenters. The summed E-state index contributed by atoms with van der Waals surface area (Å²) in [5, 5.41) is 3.25. The summed E-state index contributed by atoms with van der Waals surface area (Å²) < 4.78 is 0. The molecule has 5 heteroatoms. The molecule has 0 bridgehead atoms. The number of benzene rings is 1. The van der Waals surface area contributed by atoms with Gasteiger partial charge in [0.25, 0.3) is 0 Å². The van der Waals surface area contributed by atoms with Crippen LogP contribution in [0, 0.1) is 0 Å². The molecule has 0 aromatic heterocycles. The molecule has 2 fully saturated rings. The Bertz CT molecular complexity index is 550. The normalized spacial score (nSPS) is 19.6. The van der Waals surface area contributed by atoms with Gasteiger partial charge in [0.15, 0.2) is 0 Å². The fraction of sp³-hybridized carbons (Fsp3) is 0.529. The van der Waals surface area contributed by atoms with Crippen LogP contribution in [-0.2, 0) is 9.59 Å². The molecular weight excluding hydrogens is 278 g/mol. The highest BCUT2D eigenvalue weighted by molar-refractivity contribution is 5.95. The molecule has 118 valence electrons. The van der Waals surface area contributed by atoms with Crippen molar-refractivity contribution in [3.8, 4) is 0 Å². The number of nitrogens with zero attached hydrogens (tertiary/aromatic N) is 2. The predicted molar refractivity (Wildman–Crippen MR) is 86.9 cm³/mol. The number of amides is 2. The first-order valence-electron chi connectivity index (χ1n) is 8.11. The molecular formula is C17H23N3O2. The van der Waals surface area contributed by atoms with Crippen LogP contribution in [0.3, 0.4) is 0 Å². The second-order valence-corrected chi connectivity index (χ2v) is 6.09. The van der Waals surface area contributed by atoms with Crippen LogP contribution in [0.25, 0.3) is 0 Å². The van der Waals surface area contributed by atoms with Gasteiger partial charge in [-0.3, -0.25) is 9.59 Å². The van der Waals surface area contributed by atoms with Crippen molar-refractivity contribution in [1.29, 1.82) is 0 Å². The van der Waals surface area contributed by atoms with E-state index in [1.807, 2.05) is 41.0 Å². The Kier molecular flexibility index (Phi) is 4.32. The molecule has 5 nitrogen and oxygen atoms in total. The summed E-state index contributed by atoms with van der Waals surface area (Å²) in [5.41, 5.74) is 1.85. The summed E-state index contributed by atoms with van der Waals surface area (Å²) in [4.78, 5) is 27.8. The van der Waals surface area contributed by atoms with Crippen LogP contribution in [0.4, 0.5) is 11.4 Å². The molecule has 3 rings (SSSR count). The maximum absolute atomic E-state index is 12.3. The van der Waals surface area contributed by atoms with Crippen LogP contribution in [0.1, 0.15) is 32.6 Å². The van der Waals surface area contributed by atoms with Crippen molar-refractivity contribution in [2.45, 2.75) is 38.6 Å². The lowest BCUT2D eigenvalue weighted by Crippen LogP contribution is -2.39. The van der Waals surface area contributed by atoms with Gasteiger partial charge in [0.1, 0.15) is 6.04 Å². The van der Waals surface area contributed by atoms with Gasteiger partial charge in [-0.05, 0) is 50.5 Å². The van der Waals surface area contributed by atoms with Gasteiger partial charge in [-0.1, -0.05) is 0 Å². The Morgan fingerprint density at radius 1 is 1.09 bits per heavy atom. The average molecular weight is 301 g/mol. The van der Waals surface area contributed by atoms with Crippen LogP contribution in [0.5, 0.6) is 0 Å². The Hall–Kier alpha value is -2.04. The van der Waals surface area contributed by atoms with E-state index in [0.717, 1.165) is 50.3 Å². The molecule has 1 aromatic rings. The summed E-state index contributed by atoms with van der Waals surface area (Å²) >= 11 is 0. The van der Waals surface area contributed by atoms with Gasteiger partial charge < -0.3 is 15.1 Å². The van der Waals surface area contributed by atoms with Crippen molar-refractivity contribution in [2.75, 3.05) is 29.9 Å². The number of likely N-dealkylation sites (tertiary alicyclic amines) is 1. The van der Waals surface area contributed by atoms with Gasteiger partial charge in [0.2, 0.25) is 11.8 Å². The number of carbonyl (C=O) groups is 2. The smallest absolute Gasteiger partial charge is 0.244 e. The predicted octanol–water partition coefficient (Wildman–Crippen LogP) is 2.24. The lowest BCUT2D eigenvalue weighted by Gasteiger charge is -2.22. The molecule has 0 radical (unpaired) electrons. The van der Waals surface area contributed by atoms with Crippen LogP contribution in [-0.4, -0.2) is 42.4 Å². The minimum absolute atomic E-state index is 0.163. The van der Waals surface area contributed by atoms with Gasteiger partial charge in [0.05, 0.1) is 0 Å². The van der Waals surface area contributed by atoms with E-state index in [9.17, 15) is 9.59 Å². The zero-order valence-corrected chi connectivity index (χ0v) is 13.0. The summed E-state index contributed by atoms with van der Waals surface area (Å²) in [6, 6.07) is 7.54. The second-order valence-electron chi connectivity index (χ2n) is 6.09. The number of hydrogen-bond donors (Lipinski definition) is 1. The molecule has 0 aliphatic carbocycles. The molecule has 2 aliphatic heterocycles. The van der Waals surface area contributed by atoms with E-state index in [-0.39, 0.29) is 17.9 Å². The number of hydrogen-bond acceptors (Lipinski definition) is 3. The van der Waals surface area contributed by atoms with Crippen LogP contribution in [0.15, 0.2) is 24.3 Å². The van der Waals surface area contributed by atoms with Crippen LogP contribution >= 0.6 is 0 Å². The molecule has 1 N–H and O–H groups in total. The summed E-state index contributed by atoms with van der Waals surface area (Å²) in [6.07, 6.45) is 3.79. The van der Waals surface area contributed by atoms with Crippen molar-refractivity contribution >= 4 is 23.2 Å². The van der Waals surface area contributed by atoms with Gasteiger partial charge in [-0.25, -0.2) is 0 Å². The summed E-state index contributed by atoms with van der Waals surface area (Å²) in [7, 11) is 0.